The van der Waals surface area contributed by atoms with Crippen LogP contribution in [0.15, 0.2) is 24.3 Å². The smallest absolute Gasteiger partial charge is 0.225 e. The Labute approximate surface area is 96.2 Å². The molecule has 0 bridgehead atoms. The van der Waals surface area contributed by atoms with Gasteiger partial charge in [0.2, 0.25) is 5.91 Å². The van der Waals surface area contributed by atoms with Crippen LogP contribution >= 0.6 is 0 Å². The molecule has 0 aliphatic heterocycles. The molecule has 2 N–H and O–H groups in total. The topological polar surface area (TPSA) is 46.3 Å². The molecule has 1 amide bonds. The van der Waals surface area contributed by atoms with E-state index in [1.807, 2.05) is 30.1 Å². The van der Waals surface area contributed by atoms with Crippen molar-refractivity contribution in [2.75, 3.05) is 7.05 Å². The van der Waals surface area contributed by atoms with Crippen LogP contribution in [0.25, 0.3) is 0 Å². The summed E-state index contributed by atoms with van der Waals surface area (Å²) in [7, 11) is 1.87. The number of nitrogens with two attached hydrogens (primary N) is 1. The molecule has 1 aliphatic rings. The van der Waals surface area contributed by atoms with E-state index in [2.05, 4.69) is 6.07 Å². The summed E-state index contributed by atoms with van der Waals surface area (Å²) >= 11 is 0. The second-order valence-electron chi connectivity index (χ2n) is 4.49. The maximum atomic E-state index is 11.8. The average molecular weight is 218 g/mol. The van der Waals surface area contributed by atoms with E-state index in [4.69, 9.17) is 5.73 Å². The highest BCUT2D eigenvalue weighted by atomic mass is 16.2. The number of amides is 1. The van der Waals surface area contributed by atoms with Crippen molar-refractivity contribution in [2.45, 2.75) is 25.9 Å². The van der Waals surface area contributed by atoms with Crippen molar-refractivity contribution in [2.24, 2.45) is 11.7 Å². The van der Waals surface area contributed by atoms with Gasteiger partial charge in [-0.25, -0.2) is 0 Å². The second-order valence-corrected chi connectivity index (χ2v) is 4.49. The minimum Gasteiger partial charge on any atom is -0.341 e. The third kappa shape index (κ3) is 2.61. The first kappa shape index (κ1) is 11.1. The van der Waals surface area contributed by atoms with Crippen LogP contribution in [0.1, 0.15) is 24.0 Å². The Morgan fingerprint density at radius 3 is 2.75 bits per heavy atom. The number of carbonyl (C=O) groups excluding carboxylic acids is 1. The van der Waals surface area contributed by atoms with Crippen LogP contribution in [-0.2, 0) is 17.9 Å². The SMILES string of the molecule is CN(Cc1cccc(CN)c1)C(=O)C1CC1. The lowest BCUT2D eigenvalue weighted by Gasteiger charge is -2.17. The average Bonchev–Trinajstić information content (AvgIpc) is 3.12. The predicted octanol–water partition coefficient (Wildman–Crippen LogP) is 1.51. The molecule has 0 saturated heterocycles. The van der Waals surface area contributed by atoms with E-state index in [0.29, 0.717) is 19.0 Å². The fourth-order valence-corrected chi connectivity index (χ4v) is 1.85. The van der Waals surface area contributed by atoms with E-state index >= 15 is 0 Å². The number of benzene rings is 1. The van der Waals surface area contributed by atoms with Crippen LogP contribution in [-0.4, -0.2) is 17.9 Å². The summed E-state index contributed by atoms with van der Waals surface area (Å²) in [6, 6.07) is 8.10. The van der Waals surface area contributed by atoms with Crippen molar-refractivity contribution in [3.05, 3.63) is 35.4 Å². The monoisotopic (exact) mass is 218 g/mol. The summed E-state index contributed by atoms with van der Waals surface area (Å²) in [5.41, 5.74) is 7.85. The first-order valence-electron chi connectivity index (χ1n) is 5.73. The number of rotatable bonds is 4. The number of hydrogen-bond acceptors (Lipinski definition) is 2. The lowest BCUT2D eigenvalue weighted by Crippen LogP contribution is -2.27. The van der Waals surface area contributed by atoms with E-state index in [1.54, 1.807) is 0 Å². The van der Waals surface area contributed by atoms with Gasteiger partial charge in [-0.15, -0.1) is 0 Å². The minimum absolute atomic E-state index is 0.276. The zero-order valence-electron chi connectivity index (χ0n) is 9.65. The summed E-state index contributed by atoms with van der Waals surface area (Å²) in [5, 5.41) is 0. The van der Waals surface area contributed by atoms with Gasteiger partial charge < -0.3 is 10.6 Å². The Morgan fingerprint density at radius 2 is 2.12 bits per heavy atom. The molecule has 0 radical (unpaired) electrons. The molecule has 0 unspecified atom stereocenters. The first-order chi connectivity index (χ1) is 7.70. The van der Waals surface area contributed by atoms with Crippen molar-refractivity contribution in [3.8, 4) is 0 Å². The van der Waals surface area contributed by atoms with E-state index < -0.39 is 0 Å². The summed E-state index contributed by atoms with van der Waals surface area (Å²) < 4.78 is 0. The van der Waals surface area contributed by atoms with Crippen LogP contribution in [0.3, 0.4) is 0 Å². The Kier molecular flexibility index (Phi) is 3.25. The third-order valence-electron chi connectivity index (χ3n) is 2.95. The van der Waals surface area contributed by atoms with E-state index in [0.717, 1.165) is 24.0 Å². The second kappa shape index (κ2) is 4.66. The van der Waals surface area contributed by atoms with Crippen molar-refractivity contribution < 1.29 is 4.79 Å². The largest absolute Gasteiger partial charge is 0.341 e. The number of hydrogen-bond donors (Lipinski definition) is 1. The zero-order chi connectivity index (χ0) is 11.5. The number of carbonyl (C=O) groups is 1. The molecule has 0 heterocycles. The van der Waals surface area contributed by atoms with Crippen LogP contribution in [0.4, 0.5) is 0 Å². The molecule has 1 fully saturated rings. The van der Waals surface area contributed by atoms with Crippen molar-refractivity contribution >= 4 is 5.91 Å². The van der Waals surface area contributed by atoms with Gasteiger partial charge in [-0.3, -0.25) is 4.79 Å². The highest BCUT2D eigenvalue weighted by Gasteiger charge is 2.31. The van der Waals surface area contributed by atoms with E-state index in [9.17, 15) is 4.79 Å². The Balaban J connectivity index is 1.99. The zero-order valence-corrected chi connectivity index (χ0v) is 9.65. The van der Waals surface area contributed by atoms with E-state index in [-0.39, 0.29) is 5.91 Å². The summed E-state index contributed by atoms with van der Waals surface area (Å²) in [6.45, 7) is 1.23. The Hall–Kier alpha value is -1.35. The summed E-state index contributed by atoms with van der Waals surface area (Å²) in [6.07, 6.45) is 2.12. The van der Waals surface area contributed by atoms with Gasteiger partial charge >= 0.3 is 0 Å². The Morgan fingerprint density at radius 1 is 1.44 bits per heavy atom. The molecule has 1 aliphatic carbocycles. The van der Waals surface area contributed by atoms with Gasteiger partial charge in [-0.2, -0.15) is 0 Å². The van der Waals surface area contributed by atoms with Crippen LogP contribution in [0.5, 0.6) is 0 Å². The molecule has 1 saturated carbocycles. The molecular weight excluding hydrogens is 200 g/mol. The van der Waals surface area contributed by atoms with Gasteiger partial charge in [0, 0.05) is 26.1 Å². The predicted molar refractivity (Wildman–Crippen MR) is 63.5 cm³/mol. The fraction of sp³-hybridized carbons (Fsp3) is 0.462. The molecule has 3 nitrogen and oxygen atoms in total. The summed E-state index contributed by atoms with van der Waals surface area (Å²) in [4.78, 5) is 13.6. The highest BCUT2D eigenvalue weighted by Crippen LogP contribution is 2.30. The third-order valence-corrected chi connectivity index (χ3v) is 2.95. The van der Waals surface area contributed by atoms with Crippen molar-refractivity contribution in [1.29, 1.82) is 0 Å². The maximum absolute atomic E-state index is 11.8. The molecule has 16 heavy (non-hydrogen) atoms. The standard InChI is InChI=1S/C13H18N2O/c1-15(13(16)12-5-6-12)9-11-4-2-3-10(7-11)8-14/h2-4,7,12H,5-6,8-9,14H2,1H3. The summed E-state index contributed by atoms with van der Waals surface area (Å²) in [5.74, 6) is 0.570. The molecule has 2 rings (SSSR count). The molecule has 0 atom stereocenters. The van der Waals surface area contributed by atoms with Crippen molar-refractivity contribution in [1.82, 2.24) is 4.90 Å². The van der Waals surface area contributed by atoms with Gasteiger partial charge in [-0.1, -0.05) is 24.3 Å². The van der Waals surface area contributed by atoms with Gasteiger partial charge in [0.25, 0.3) is 0 Å². The maximum Gasteiger partial charge on any atom is 0.225 e. The first-order valence-corrected chi connectivity index (χ1v) is 5.73. The minimum atomic E-state index is 0.276. The normalized spacial score (nSPS) is 14.9. The molecule has 86 valence electrons. The molecule has 0 aromatic heterocycles. The molecule has 3 heteroatoms. The van der Waals surface area contributed by atoms with Gasteiger partial charge in [0.1, 0.15) is 0 Å². The lowest BCUT2D eigenvalue weighted by molar-refractivity contribution is -0.131. The molecule has 1 aromatic carbocycles. The van der Waals surface area contributed by atoms with Crippen LogP contribution in [0, 0.1) is 5.92 Å². The Bertz CT molecular complexity index is 385. The molecule has 1 aromatic rings. The van der Waals surface area contributed by atoms with Crippen LogP contribution in [0.2, 0.25) is 0 Å². The quantitative estimate of drug-likeness (QED) is 0.832. The van der Waals surface area contributed by atoms with Gasteiger partial charge in [0.15, 0.2) is 0 Å². The van der Waals surface area contributed by atoms with Crippen LogP contribution < -0.4 is 5.73 Å². The van der Waals surface area contributed by atoms with Gasteiger partial charge in [-0.05, 0) is 24.0 Å². The molecular formula is C13H18N2O. The molecule has 0 spiro atoms. The van der Waals surface area contributed by atoms with Gasteiger partial charge in [0.05, 0.1) is 0 Å². The lowest BCUT2D eigenvalue weighted by atomic mass is 10.1. The van der Waals surface area contributed by atoms with Crippen molar-refractivity contribution in [3.63, 3.8) is 0 Å². The fourth-order valence-electron chi connectivity index (χ4n) is 1.85. The van der Waals surface area contributed by atoms with E-state index in [1.165, 1.54) is 0 Å². The number of nitrogens with zero attached hydrogens (tertiary/aromatic N) is 1. The highest BCUT2D eigenvalue weighted by molar-refractivity contribution is 5.80.